The Morgan fingerprint density at radius 3 is 2.16 bits per heavy atom. The summed E-state index contributed by atoms with van der Waals surface area (Å²) in [6, 6.07) is 9.19. The van der Waals surface area contributed by atoms with Gasteiger partial charge in [-0.3, -0.25) is 4.79 Å². The van der Waals surface area contributed by atoms with Crippen molar-refractivity contribution < 1.29 is 83.5 Å². The maximum Gasteiger partial charge on any atom is 0.235 e. The molecule has 0 bridgehead atoms. The molecule has 2 aromatic carbocycles. The van der Waals surface area contributed by atoms with Crippen molar-refractivity contribution in [1.82, 2.24) is 0 Å². The second-order valence-electron chi connectivity index (χ2n) is 14.2. The van der Waals surface area contributed by atoms with E-state index in [9.17, 15) is 50.8 Å². The first-order valence-corrected chi connectivity index (χ1v) is 18.0. The van der Waals surface area contributed by atoms with Crippen LogP contribution >= 0.6 is 0 Å². The Morgan fingerprint density at radius 2 is 1.50 bits per heavy atom. The van der Waals surface area contributed by atoms with E-state index in [0.29, 0.717) is 16.9 Å². The minimum absolute atomic E-state index is 0.0133. The van der Waals surface area contributed by atoms with Crippen molar-refractivity contribution in [1.29, 1.82) is 0 Å². The zero-order valence-electron chi connectivity index (χ0n) is 30.9. The lowest BCUT2D eigenvalue weighted by Crippen LogP contribution is -2.62. The second kappa shape index (κ2) is 17.4. The van der Waals surface area contributed by atoms with Gasteiger partial charge in [-0.15, -0.1) is 0 Å². The average Bonchev–Trinajstić information content (AvgIpc) is 3.18. The molecule has 0 unspecified atom stereocenters. The molecule has 3 aromatic rings. The lowest BCUT2D eigenvalue weighted by atomic mass is 9.99. The maximum atomic E-state index is 14.6. The fraction of sp³-hybridized carbons (Fsp3) is 0.553. The van der Waals surface area contributed by atoms with Crippen LogP contribution in [0.2, 0.25) is 0 Å². The van der Waals surface area contributed by atoms with Crippen LogP contribution in [0, 0.1) is 0 Å². The number of hydrogen-bond acceptors (Lipinski definition) is 18. The number of allylic oxidation sites excluding steroid dienone is 2. The van der Waals surface area contributed by atoms with Crippen LogP contribution in [0.15, 0.2) is 57.3 Å². The molecule has 18 heteroatoms. The van der Waals surface area contributed by atoms with E-state index in [1.165, 1.54) is 26.2 Å². The number of benzene rings is 2. The summed E-state index contributed by atoms with van der Waals surface area (Å²) in [5.41, 5.74) is 0.824. The lowest BCUT2D eigenvalue weighted by molar-refractivity contribution is -0.341. The van der Waals surface area contributed by atoms with Gasteiger partial charge in [0.2, 0.25) is 23.8 Å². The Morgan fingerprint density at radius 1 is 0.804 bits per heavy atom. The van der Waals surface area contributed by atoms with Crippen LogP contribution in [0.4, 0.5) is 0 Å². The van der Waals surface area contributed by atoms with Crippen LogP contribution in [-0.2, 0) is 25.4 Å². The first-order valence-electron chi connectivity index (χ1n) is 18.0. The highest BCUT2D eigenvalue weighted by atomic mass is 16.8. The molecule has 9 N–H and O–H groups in total. The summed E-state index contributed by atoms with van der Waals surface area (Å²) < 4.78 is 46.8. The van der Waals surface area contributed by atoms with Gasteiger partial charge in [0.1, 0.15) is 72.0 Å². The van der Waals surface area contributed by atoms with Crippen LogP contribution in [0.3, 0.4) is 0 Å². The Balaban J connectivity index is 1.47. The van der Waals surface area contributed by atoms with E-state index in [4.69, 9.17) is 37.6 Å². The standard InChI is InChI=1S/C38H48O18/c1-15(2)5-10-19-22(52-37-31(48)28(45)27(44)23(13-39)53-37)12-11-20-25(42)34(32(54-33(19)20)17-6-8-18(49-4)9-7-17)55-38-35(29(46)24(41)16(3)51-38)56-36-30(47)26(43)21(40)14-50-36/h5-9,11-12,16,21,23-24,26-31,35-41,43-48H,10,13-14H2,1-4H3/t16-,21+,23+,24+,26-,27+,28-,29+,30+,31+,35+,36-,37+,38-/m0/s1. The monoisotopic (exact) mass is 792 g/mol. The van der Waals surface area contributed by atoms with Crippen molar-refractivity contribution in [2.45, 2.75) is 113 Å². The smallest absolute Gasteiger partial charge is 0.235 e. The van der Waals surface area contributed by atoms with E-state index >= 15 is 0 Å². The fourth-order valence-corrected chi connectivity index (χ4v) is 6.63. The van der Waals surface area contributed by atoms with Gasteiger partial charge in [-0.2, -0.15) is 0 Å². The molecule has 3 saturated heterocycles. The SMILES string of the molecule is COc1ccc(-c2oc3c(CC=C(C)C)c(O[C@@H]4O[C@H](CO)[C@@H](O)[C@H](O)[C@H]4O)ccc3c(=O)c2O[C@@H]2O[C@@H](C)[C@@H](O)[C@@H](O)[C@H]2O[C@@H]2OC[C@@H](O)[C@H](O)[C@H]2O)cc1. The van der Waals surface area contributed by atoms with Crippen molar-refractivity contribution in [3.05, 3.63) is 63.8 Å². The number of methoxy groups -OCH3 is 1. The Bertz CT molecular complexity index is 1890. The van der Waals surface area contributed by atoms with Gasteiger partial charge in [0.25, 0.3) is 0 Å². The first-order chi connectivity index (χ1) is 26.6. The van der Waals surface area contributed by atoms with Crippen LogP contribution in [0.5, 0.6) is 17.2 Å². The van der Waals surface area contributed by atoms with Crippen molar-refractivity contribution in [3.63, 3.8) is 0 Å². The van der Waals surface area contributed by atoms with Crippen molar-refractivity contribution >= 4 is 11.0 Å². The molecule has 14 atom stereocenters. The number of rotatable bonds is 11. The predicted octanol–water partition coefficient (Wildman–Crippen LogP) is -1.17. The fourth-order valence-electron chi connectivity index (χ4n) is 6.63. The van der Waals surface area contributed by atoms with Crippen molar-refractivity contribution in [2.75, 3.05) is 20.3 Å². The van der Waals surface area contributed by atoms with Crippen LogP contribution in [0.1, 0.15) is 26.3 Å². The molecule has 18 nitrogen and oxygen atoms in total. The van der Waals surface area contributed by atoms with Crippen molar-refractivity contribution in [2.24, 2.45) is 0 Å². The molecule has 3 aliphatic heterocycles. The normalized spacial score (nSPS) is 34.9. The Labute approximate surface area is 320 Å². The molecular weight excluding hydrogens is 744 g/mol. The molecule has 308 valence electrons. The molecule has 0 amide bonds. The number of hydrogen-bond donors (Lipinski definition) is 9. The molecule has 3 aliphatic rings. The molecule has 0 aliphatic carbocycles. The third-order valence-electron chi connectivity index (χ3n) is 10.0. The summed E-state index contributed by atoms with van der Waals surface area (Å²) in [5, 5.41) is 93.8. The van der Waals surface area contributed by atoms with Gasteiger partial charge in [-0.1, -0.05) is 11.6 Å². The summed E-state index contributed by atoms with van der Waals surface area (Å²) >= 11 is 0. The minimum atomic E-state index is -1.78. The molecule has 3 fully saturated rings. The molecule has 6 rings (SSSR count). The van der Waals surface area contributed by atoms with E-state index in [1.807, 2.05) is 19.9 Å². The van der Waals surface area contributed by atoms with Gasteiger partial charge in [-0.25, -0.2) is 0 Å². The van der Waals surface area contributed by atoms with E-state index in [-0.39, 0.29) is 28.9 Å². The summed E-state index contributed by atoms with van der Waals surface area (Å²) in [6.45, 7) is 4.05. The lowest BCUT2D eigenvalue weighted by Gasteiger charge is -2.44. The second-order valence-corrected chi connectivity index (χ2v) is 14.2. The van der Waals surface area contributed by atoms with Gasteiger partial charge < -0.3 is 83.5 Å². The third-order valence-corrected chi connectivity index (χ3v) is 10.0. The molecule has 4 heterocycles. The highest BCUT2D eigenvalue weighted by Gasteiger charge is 2.50. The van der Waals surface area contributed by atoms with Crippen LogP contribution in [0.25, 0.3) is 22.3 Å². The number of aliphatic hydroxyl groups excluding tert-OH is 9. The average molecular weight is 793 g/mol. The number of aliphatic hydroxyl groups is 9. The summed E-state index contributed by atoms with van der Waals surface area (Å²) in [6.07, 6.45) is -20.0. The number of fused-ring (bicyclic) bond motifs is 1. The van der Waals surface area contributed by atoms with Gasteiger partial charge in [0, 0.05) is 11.1 Å². The molecule has 0 radical (unpaired) electrons. The zero-order valence-corrected chi connectivity index (χ0v) is 30.9. The van der Waals surface area contributed by atoms with Gasteiger partial charge in [-0.05, 0) is 63.6 Å². The molecule has 0 saturated carbocycles. The first kappa shape index (κ1) is 41.9. The summed E-state index contributed by atoms with van der Waals surface area (Å²) in [5.74, 6) is 0.0162. The number of ether oxygens (including phenoxy) is 7. The highest BCUT2D eigenvalue weighted by Crippen LogP contribution is 2.39. The minimum Gasteiger partial charge on any atom is -0.497 e. The Hall–Kier alpha value is -3.73. The van der Waals surface area contributed by atoms with E-state index < -0.39 is 110 Å². The van der Waals surface area contributed by atoms with Crippen molar-refractivity contribution in [3.8, 4) is 28.6 Å². The quantitative estimate of drug-likeness (QED) is 0.103. The van der Waals surface area contributed by atoms with E-state index in [2.05, 4.69) is 0 Å². The predicted molar refractivity (Wildman–Crippen MR) is 192 cm³/mol. The summed E-state index contributed by atoms with van der Waals surface area (Å²) in [7, 11) is 1.47. The highest BCUT2D eigenvalue weighted by molar-refractivity contribution is 5.86. The maximum absolute atomic E-state index is 14.6. The largest absolute Gasteiger partial charge is 0.497 e. The zero-order chi connectivity index (χ0) is 40.6. The van der Waals surface area contributed by atoms with Crippen LogP contribution < -0.4 is 19.6 Å². The van der Waals surface area contributed by atoms with Crippen LogP contribution in [-0.4, -0.2) is 152 Å². The Kier molecular flexibility index (Phi) is 13.0. The van der Waals surface area contributed by atoms with Gasteiger partial charge in [0.05, 0.1) is 31.8 Å². The van der Waals surface area contributed by atoms with Gasteiger partial charge in [0.15, 0.2) is 18.2 Å². The topological polar surface area (TPSA) is 277 Å². The molecule has 56 heavy (non-hydrogen) atoms. The molecular formula is C38H48O18. The molecule has 0 spiro atoms. The summed E-state index contributed by atoms with van der Waals surface area (Å²) in [4.78, 5) is 14.6. The third kappa shape index (κ3) is 8.30. The molecule has 1 aromatic heterocycles. The van der Waals surface area contributed by atoms with E-state index in [1.54, 1.807) is 24.3 Å². The van der Waals surface area contributed by atoms with Gasteiger partial charge >= 0.3 is 0 Å². The van der Waals surface area contributed by atoms with E-state index in [0.717, 1.165) is 5.57 Å².